The van der Waals surface area contributed by atoms with Gasteiger partial charge in [-0.25, -0.2) is 0 Å². The largest absolute Gasteiger partial charge is 0.309 e. The summed E-state index contributed by atoms with van der Waals surface area (Å²) in [5.41, 5.74) is 2.42. The molecule has 3 nitrogen and oxygen atoms in total. The van der Waals surface area contributed by atoms with E-state index in [-0.39, 0.29) is 6.04 Å². The summed E-state index contributed by atoms with van der Waals surface area (Å²) in [5, 5.41) is 7.64. The first-order valence-electron chi connectivity index (χ1n) is 5.69. The molecule has 90 valence electrons. The summed E-state index contributed by atoms with van der Waals surface area (Å²) in [4.78, 5) is 0. The van der Waals surface area contributed by atoms with E-state index in [2.05, 4.69) is 51.6 Å². The minimum atomic E-state index is 0.188. The Morgan fingerprint density at radius 1 is 1.41 bits per heavy atom. The first kappa shape index (κ1) is 12.3. The second-order valence-corrected chi connectivity index (χ2v) is 4.82. The van der Waals surface area contributed by atoms with E-state index in [9.17, 15) is 0 Å². The third-order valence-corrected chi connectivity index (χ3v) is 3.27. The molecule has 0 saturated carbocycles. The summed E-state index contributed by atoms with van der Waals surface area (Å²) < 4.78 is 3.04. The van der Waals surface area contributed by atoms with E-state index in [4.69, 9.17) is 0 Å². The minimum absolute atomic E-state index is 0.188. The van der Waals surface area contributed by atoms with E-state index in [0.29, 0.717) is 0 Å². The second kappa shape index (κ2) is 5.47. The van der Waals surface area contributed by atoms with Crippen LogP contribution in [0.2, 0.25) is 0 Å². The maximum Gasteiger partial charge on any atom is 0.0605 e. The molecule has 1 atom stereocenters. The van der Waals surface area contributed by atoms with Gasteiger partial charge in [0.25, 0.3) is 0 Å². The topological polar surface area (TPSA) is 29.9 Å². The van der Waals surface area contributed by atoms with Gasteiger partial charge >= 0.3 is 0 Å². The number of hydrogen-bond donors (Lipinski definition) is 1. The van der Waals surface area contributed by atoms with Gasteiger partial charge in [0, 0.05) is 22.8 Å². The van der Waals surface area contributed by atoms with Crippen LogP contribution in [-0.2, 0) is 6.54 Å². The number of aryl methyl sites for hydroxylation is 1. The van der Waals surface area contributed by atoms with Crippen LogP contribution in [-0.4, -0.2) is 16.8 Å². The van der Waals surface area contributed by atoms with Gasteiger partial charge in [-0.1, -0.05) is 28.1 Å². The van der Waals surface area contributed by atoms with Gasteiger partial charge in [0.15, 0.2) is 0 Å². The quantitative estimate of drug-likeness (QED) is 0.939. The highest BCUT2D eigenvalue weighted by molar-refractivity contribution is 9.10. The molecule has 1 N–H and O–H groups in total. The lowest BCUT2D eigenvalue weighted by molar-refractivity contribution is 0.653. The number of aromatic nitrogens is 2. The lowest BCUT2D eigenvalue weighted by Crippen LogP contribution is -2.17. The molecule has 0 radical (unpaired) electrons. The Labute approximate surface area is 110 Å². The molecule has 0 amide bonds. The van der Waals surface area contributed by atoms with Crippen molar-refractivity contribution < 1.29 is 0 Å². The summed E-state index contributed by atoms with van der Waals surface area (Å²) in [7, 11) is 1.97. The van der Waals surface area contributed by atoms with Gasteiger partial charge in [-0.2, -0.15) is 5.10 Å². The van der Waals surface area contributed by atoms with Crippen LogP contribution in [0.1, 0.15) is 24.1 Å². The lowest BCUT2D eigenvalue weighted by atomic mass is 10.0. The Morgan fingerprint density at radius 2 is 2.24 bits per heavy atom. The van der Waals surface area contributed by atoms with Gasteiger partial charge in [-0.3, -0.25) is 4.68 Å². The average Bonchev–Trinajstić information content (AvgIpc) is 2.79. The Bertz CT molecular complexity index is 493. The highest BCUT2D eigenvalue weighted by Gasteiger charge is 2.13. The molecule has 0 aliphatic rings. The van der Waals surface area contributed by atoms with Crippen molar-refractivity contribution in [3.05, 3.63) is 52.3 Å². The molecule has 0 bridgehead atoms. The van der Waals surface area contributed by atoms with E-state index in [0.717, 1.165) is 11.0 Å². The van der Waals surface area contributed by atoms with E-state index in [1.165, 1.54) is 11.1 Å². The number of halogens is 1. The molecule has 0 saturated heterocycles. The number of nitrogens with one attached hydrogen (secondary N) is 1. The predicted octanol–water partition coefficient (Wildman–Crippen LogP) is 2.97. The molecule has 2 aromatic rings. The van der Waals surface area contributed by atoms with Gasteiger partial charge < -0.3 is 5.32 Å². The Morgan fingerprint density at radius 3 is 2.82 bits per heavy atom. The zero-order valence-corrected chi connectivity index (χ0v) is 11.6. The lowest BCUT2D eigenvalue weighted by Gasteiger charge is -2.15. The van der Waals surface area contributed by atoms with Crippen molar-refractivity contribution in [2.75, 3.05) is 7.05 Å². The van der Waals surface area contributed by atoms with Crippen molar-refractivity contribution in [2.45, 2.75) is 19.5 Å². The Hall–Kier alpha value is -1.13. The van der Waals surface area contributed by atoms with Gasteiger partial charge in [-0.15, -0.1) is 0 Å². The van der Waals surface area contributed by atoms with Crippen LogP contribution < -0.4 is 5.32 Å². The zero-order valence-electron chi connectivity index (χ0n) is 10.0. The molecule has 0 aliphatic heterocycles. The fourth-order valence-electron chi connectivity index (χ4n) is 1.91. The first-order chi connectivity index (χ1) is 8.24. The molecule has 1 heterocycles. The van der Waals surface area contributed by atoms with Crippen molar-refractivity contribution in [1.82, 2.24) is 15.1 Å². The van der Waals surface area contributed by atoms with Crippen molar-refractivity contribution in [1.29, 1.82) is 0 Å². The van der Waals surface area contributed by atoms with E-state index in [1.54, 1.807) is 0 Å². The highest BCUT2D eigenvalue weighted by Crippen LogP contribution is 2.23. The number of rotatable bonds is 4. The normalized spacial score (nSPS) is 12.6. The molecule has 2 rings (SSSR count). The van der Waals surface area contributed by atoms with Gasteiger partial charge in [0.2, 0.25) is 0 Å². The molecule has 0 fully saturated rings. The molecule has 17 heavy (non-hydrogen) atoms. The van der Waals surface area contributed by atoms with Crippen LogP contribution in [0.5, 0.6) is 0 Å². The van der Waals surface area contributed by atoms with Crippen LogP contribution >= 0.6 is 15.9 Å². The van der Waals surface area contributed by atoms with Crippen LogP contribution in [0.4, 0.5) is 0 Å². The molecular weight excluding hydrogens is 278 g/mol. The van der Waals surface area contributed by atoms with Crippen LogP contribution in [0.25, 0.3) is 0 Å². The maximum atomic E-state index is 4.32. The van der Waals surface area contributed by atoms with E-state index < -0.39 is 0 Å². The molecule has 0 spiro atoms. The minimum Gasteiger partial charge on any atom is -0.309 e. The first-order valence-corrected chi connectivity index (χ1v) is 6.49. The molecule has 1 aromatic heterocycles. The van der Waals surface area contributed by atoms with E-state index >= 15 is 0 Å². The van der Waals surface area contributed by atoms with Gasteiger partial charge in [0.1, 0.15) is 0 Å². The summed E-state index contributed by atoms with van der Waals surface area (Å²) >= 11 is 3.50. The SMILES string of the molecule is CCn1cc(C(NC)c2cccc(Br)c2)cn1. The van der Waals surface area contributed by atoms with Crippen LogP contribution in [0, 0.1) is 0 Å². The van der Waals surface area contributed by atoms with Crippen LogP contribution in [0.3, 0.4) is 0 Å². The zero-order chi connectivity index (χ0) is 12.3. The smallest absolute Gasteiger partial charge is 0.0605 e. The monoisotopic (exact) mass is 293 g/mol. The Balaban J connectivity index is 2.33. The summed E-state index contributed by atoms with van der Waals surface area (Å²) in [6, 6.07) is 8.52. The van der Waals surface area contributed by atoms with Crippen molar-refractivity contribution in [3.8, 4) is 0 Å². The van der Waals surface area contributed by atoms with Gasteiger partial charge in [-0.05, 0) is 31.7 Å². The standard InChI is InChI=1S/C13H16BrN3/c1-3-17-9-11(8-16-17)13(15-2)10-5-4-6-12(14)7-10/h4-9,13,15H,3H2,1-2H3. The Kier molecular flexibility index (Phi) is 3.97. The van der Waals surface area contributed by atoms with Crippen molar-refractivity contribution in [2.24, 2.45) is 0 Å². The summed E-state index contributed by atoms with van der Waals surface area (Å²) in [5.74, 6) is 0. The second-order valence-electron chi connectivity index (χ2n) is 3.91. The number of benzene rings is 1. The number of hydrogen-bond acceptors (Lipinski definition) is 2. The number of nitrogens with zero attached hydrogens (tertiary/aromatic N) is 2. The molecular formula is C13H16BrN3. The summed E-state index contributed by atoms with van der Waals surface area (Å²) in [6.07, 6.45) is 4.01. The molecule has 1 aromatic carbocycles. The van der Waals surface area contributed by atoms with Crippen molar-refractivity contribution >= 4 is 15.9 Å². The maximum absolute atomic E-state index is 4.32. The van der Waals surface area contributed by atoms with Crippen LogP contribution in [0.15, 0.2) is 41.1 Å². The third kappa shape index (κ3) is 2.76. The highest BCUT2D eigenvalue weighted by atomic mass is 79.9. The fraction of sp³-hybridized carbons (Fsp3) is 0.308. The molecule has 1 unspecified atom stereocenters. The summed E-state index contributed by atoms with van der Waals surface area (Å²) in [6.45, 7) is 2.99. The predicted molar refractivity (Wildman–Crippen MR) is 72.9 cm³/mol. The molecule has 0 aliphatic carbocycles. The third-order valence-electron chi connectivity index (χ3n) is 2.78. The van der Waals surface area contributed by atoms with Crippen molar-refractivity contribution in [3.63, 3.8) is 0 Å². The molecule has 4 heteroatoms. The van der Waals surface area contributed by atoms with Gasteiger partial charge in [0.05, 0.1) is 12.2 Å². The van der Waals surface area contributed by atoms with E-state index in [1.807, 2.05) is 30.1 Å². The average molecular weight is 294 g/mol. The fourth-order valence-corrected chi connectivity index (χ4v) is 2.33.